The number of carboxylic acids is 1. The van der Waals surface area contributed by atoms with Crippen LogP contribution in [0.25, 0.3) is 0 Å². The lowest BCUT2D eigenvalue weighted by Crippen LogP contribution is -2.50. The molecule has 0 aromatic heterocycles. The molecule has 1 heterocycles. The summed E-state index contributed by atoms with van der Waals surface area (Å²) in [4.78, 5) is 26.4. The van der Waals surface area contributed by atoms with Gasteiger partial charge in [-0.3, -0.25) is 4.79 Å². The van der Waals surface area contributed by atoms with Gasteiger partial charge in [0.1, 0.15) is 0 Å². The van der Waals surface area contributed by atoms with E-state index in [0.717, 1.165) is 13.1 Å². The zero-order valence-corrected chi connectivity index (χ0v) is 13.5. The predicted octanol–water partition coefficient (Wildman–Crippen LogP) is -0.563. The summed E-state index contributed by atoms with van der Waals surface area (Å²) >= 11 is 0. The number of carboxylic acid groups (broad SMARTS) is 1. The lowest BCUT2D eigenvalue weighted by Gasteiger charge is -2.32. The molecule has 2 N–H and O–H groups in total. The van der Waals surface area contributed by atoms with Gasteiger partial charge in [-0.15, -0.1) is 0 Å². The Morgan fingerprint density at radius 2 is 1.70 bits per heavy atom. The summed E-state index contributed by atoms with van der Waals surface area (Å²) in [5.41, 5.74) is -0.00235. The number of aromatic carboxylic acids is 1. The summed E-state index contributed by atoms with van der Waals surface area (Å²) < 4.78 is 26.5. The number of benzene rings is 1. The second-order valence-corrected chi connectivity index (χ2v) is 7.11. The van der Waals surface area contributed by atoms with Crippen LogP contribution in [0.15, 0.2) is 29.2 Å². The molecule has 1 aromatic rings. The first-order valence-electron chi connectivity index (χ1n) is 7.09. The van der Waals surface area contributed by atoms with Crippen LogP contribution in [0.3, 0.4) is 0 Å². The van der Waals surface area contributed by atoms with Crippen molar-refractivity contribution in [1.29, 1.82) is 0 Å². The van der Waals surface area contributed by atoms with Crippen LogP contribution >= 0.6 is 0 Å². The molecule has 0 bridgehead atoms. The number of nitrogens with zero attached hydrogens (tertiary/aromatic N) is 2. The number of hydrogen-bond acceptors (Lipinski definition) is 5. The fourth-order valence-electron chi connectivity index (χ4n) is 2.18. The molecule has 0 saturated carbocycles. The van der Waals surface area contributed by atoms with Gasteiger partial charge in [0.05, 0.1) is 17.0 Å². The van der Waals surface area contributed by atoms with Crippen molar-refractivity contribution in [2.75, 3.05) is 39.8 Å². The molecule has 0 aliphatic carbocycles. The molecule has 0 unspecified atom stereocenters. The van der Waals surface area contributed by atoms with E-state index >= 15 is 0 Å². The van der Waals surface area contributed by atoms with Crippen LogP contribution in [0.5, 0.6) is 0 Å². The smallest absolute Gasteiger partial charge is 0.335 e. The molecular weight excluding hydrogens is 322 g/mol. The van der Waals surface area contributed by atoms with Crippen LogP contribution in [0.1, 0.15) is 10.4 Å². The van der Waals surface area contributed by atoms with Gasteiger partial charge in [-0.1, -0.05) is 0 Å². The number of nitrogens with one attached hydrogen (secondary N) is 1. The third-order valence-corrected chi connectivity index (χ3v) is 5.10. The number of amides is 1. The van der Waals surface area contributed by atoms with E-state index in [4.69, 9.17) is 5.11 Å². The highest BCUT2D eigenvalue weighted by Gasteiger charge is 2.21. The highest BCUT2D eigenvalue weighted by molar-refractivity contribution is 7.89. The maximum absolute atomic E-state index is 12.1. The van der Waals surface area contributed by atoms with Crippen molar-refractivity contribution in [2.45, 2.75) is 4.90 Å². The fourth-order valence-corrected chi connectivity index (χ4v) is 3.16. The summed E-state index contributed by atoms with van der Waals surface area (Å²) in [6.07, 6.45) is 0. The van der Waals surface area contributed by atoms with Crippen LogP contribution in [0.4, 0.5) is 0 Å². The number of piperazine rings is 1. The largest absolute Gasteiger partial charge is 0.478 e. The van der Waals surface area contributed by atoms with Crippen LogP contribution in [-0.4, -0.2) is 75.0 Å². The number of sulfonamides is 1. The van der Waals surface area contributed by atoms with Crippen molar-refractivity contribution in [2.24, 2.45) is 0 Å². The normalized spacial score (nSPS) is 16.3. The third kappa shape index (κ3) is 4.50. The minimum Gasteiger partial charge on any atom is -0.478 e. The van der Waals surface area contributed by atoms with Gasteiger partial charge in [-0.25, -0.2) is 17.9 Å². The molecule has 1 aromatic carbocycles. The number of rotatable bonds is 5. The molecule has 2 rings (SSSR count). The number of carbonyl (C=O) groups is 2. The Hall–Kier alpha value is -1.97. The topological polar surface area (TPSA) is 107 Å². The lowest BCUT2D eigenvalue weighted by atomic mass is 10.2. The minimum atomic E-state index is -3.85. The van der Waals surface area contributed by atoms with E-state index in [9.17, 15) is 18.0 Å². The Morgan fingerprint density at radius 3 is 2.22 bits per heavy atom. The van der Waals surface area contributed by atoms with Gasteiger partial charge < -0.3 is 14.9 Å². The van der Waals surface area contributed by atoms with E-state index in [-0.39, 0.29) is 22.9 Å². The van der Waals surface area contributed by atoms with Gasteiger partial charge >= 0.3 is 5.97 Å². The van der Waals surface area contributed by atoms with Gasteiger partial charge in [0.25, 0.3) is 0 Å². The molecule has 1 saturated heterocycles. The average molecular weight is 341 g/mol. The summed E-state index contributed by atoms with van der Waals surface area (Å²) in [5, 5.41) is 8.80. The Labute approximate surface area is 134 Å². The molecule has 0 spiro atoms. The molecular formula is C14H19N3O5S. The molecule has 1 aliphatic rings. The quantitative estimate of drug-likeness (QED) is 0.743. The second-order valence-electron chi connectivity index (χ2n) is 5.34. The molecule has 9 heteroatoms. The SMILES string of the molecule is CN1CCN(C(=O)CNS(=O)(=O)c2ccc(C(=O)O)cc2)CC1. The number of carbonyl (C=O) groups excluding carboxylic acids is 1. The average Bonchev–Trinajstić information content (AvgIpc) is 2.53. The van der Waals surface area contributed by atoms with E-state index in [1.165, 1.54) is 24.3 Å². The van der Waals surface area contributed by atoms with Crippen molar-refractivity contribution in [3.8, 4) is 0 Å². The molecule has 23 heavy (non-hydrogen) atoms. The highest BCUT2D eigenvalue weighted by atomic mass is 32.2. The fraction of sp³-hybridized carbons (Fsp3) is 0.429. The molecule has 1 fully saturated rings. The third-order valence-electron chi connectivity index (χ3n) is 3.68. The van der Waals surface area contributed by atoms with E-state index in [1.807, 2.05) is 7.05 Å². The van der Waals surface area contributed by atoms with E-state index in [1.54, 1.807) is 4.90 Å². The summed E-state index contributed by atoms with van der Waals surface area (Å²) in [5.74, 6) is -1.41. The minimum absolute atomic E-state index is 0.00235. The first-order chi connectivity index (χ1) is 10.8. The highest BCUT2D eigenvalue weighted by Crippen LogP contribution is 2.10. The van der Waals surface area contributed by atoms with Crippen LogP contribution < -0.4 is 4.72 Å². The predicted molar refractivity (Wildman–Crippen MR) is 82.7 cm³/mol. The summed E-state index contributed by atoms with van der Waals surface area (Å²) in [7, 11) is -1.88. The van der Waals surface area contributed by atoms with E-state index in [0.29, 0.717) is 13.1 Å². The van der Waals surface area contributed by atoms with Gasteiger partial charge in [-0.05, 0) is 31.3 Å². The zero-order valence-electron chi connectivity index (χ0n) is 12.7. The molecule has 1 aliphatic heterocycles. The van der Waals surface area contributed by atoms with Gasteiger partial charge in [0, 0.05) is 26.2 Å². The van der Waals surface area contributed by atoms with Crippen molar-refractivity contribution in [1.82, 2.24) is 14.5 Å². The zero-order chi connectivity index (χ0) is 17.0. The summed E-state index contributed by atoms with van der Waals surface area (Å²) in [6, 6.07) is 4.82. The van der Waals surface area contributed by atoms with E-state index in [2.05, 4.69) is 9.62 Å². The Bertz CT molecular complexity index is 679. The van der Waals surface area contributed by atoms with Gasteiger partial charge in [0.2, 0.25) is 15.9 Å². The molecule has 8 nitrogen and oxygen atoms in total. The molecule has 1 amide bonds. The first kappa shape index (κ1) is 17.4. The summed E-state index contributed by atoms with van der Waals surface area (Å²) in [6.45, 7) is 2.35. The van der Waals surface area contributed by atoms with Crippen LogP contribution in [-0.2, 0) is 14.8 Å². The maximum atomic E-state index is 12.1. The standard InChI is InChI=1S/C14H19N3O5S/c1-16-6-8-17(9-7-16)13(18)10-15-23(21,22)12-4-2-11(3-5-12)14(19)20/h2-5,15H,6-10H2,1H3,(H,19,20). The lowest BCUT2D eigenvalue weighted by molar-refractivity contribution is -0.131. The number of hydrogen-bond donors (Lipinski definition) is 2. The first-order valence-corrected chi connectivity index (χ1v) is 8.57. The number of likely N-dealkylation sites (N-methyl/N-ethyl adjacent to an activating group) is 1. The maximum Gasteiger partial charge on any atom is 0.335 e. The van der Waals surface area contributed by atoms with Crippen molar-refractivity contribution in [3.63, 3.8) is 0 Å². The van der Waals surface area contributed by atoms with Gasteiger partial charge in [0.15, 0.2) is 0 Å². The molecule has 126 valence electrons. The Kier molecular flexibility index (Phi) is 5.34. The molecule has 0 radical (unpaired) electrons. The Balaban J connectivity index is 1.95. The van der Waals surface area contributed by atoms with Crippen LogP contribution in [0.2, 0.25) is 0 Å². The molecule has 0 atom stereocenters. The van der Waals surface area contributed by atoms with Crippen molar-refractivity contribution in [3.05, 3.63) is 29.8 Å². The van der Waals surface area contributed by atoms with Crippen molar-refractivity contribution < 1.29 is 23.1 Å². The Morgan fingerprint density at radius 1 is 1.13 bits per heavy atom. The van der Waals surface area contributed by atoms with E-state index < -0.39 is 16.0 Å². The van der Waals surface area contributed by atoms with Crippen molar-refractivity contribution >= 4 is 21.9 Å². The monoisotopic (exact) mass is 341 g/mol. The second kappa shape index (κ2) is 7.07. The van der Waals surface area contributed by atoms with Crippen LogP contribution in [0, 0.1) is 0 Å². The van der Waals surface area contributed by atoms with Gasteiger partial charge in [-0.2, -0.15) is 0 Å².